The second kappa shape index (κ2) is 17.9. The summed E-state index contributed by atoms with van der Waals surface area (Å²) in [5.74, 6) is 0. The van der Waals surface area contributed by atoms with Gasteiger partial charge >= 0.3 is 0 Å². The highest BCUT2D eigenvalue weighted by Crippen LogP contribution is 2.10. The molecular formula is C17H37NO. The highest BCUT2D eigenvalue weighted by Gasteiger charge is 1.93. The summed E-state index contributed by atoms with van der Waals surface area (Å²) >= 11 is 0. The topological polar surface area (TPSA) is 21.3 Å². The lowest BCUT2D eigenvalue weighted by atomic mass is 10.1. The second-order valence-electron chi connectivity index (χ2n) is 5.63. The molecule has 0 amide bonds. The van der Waals surface area contributed by atoms with Gasteiger partial charge in [0.15, 0.2) is 0 Å². The van der Waals surface area contributed by atoms with E-state index in [9.17, 15) is 0 Å². The highest BCUT2D eigenvalue weighted by molar-refractivity contribution is 4.51. The van der Waals surface area contributed by atoms with Crippen LogP contribution in [0.2, 0.25) is 0 Å². The van der Waals surface area contributed by atoms with E-state index in [0.717, 1.165) is 13.2 Å². The fraction of sp³-hybridized carbons (Fsp3) is 1.00. The summed E-state index contributed by atoms with van der Waals surface area (Å²) in [5, 5.41) is 3.51. The van der Waals surface area contributed by atoms with Gasteiger partial charge in [0.2, 0.25) is 0 Å². The standard InChI is InChI=1S/C17H37NO/c1-3-4-5-6-7-8-9-10-11-12-15-18-16-13-14-17-19-2/h18H,3-17H2,1-2H3. The summed E-state index contributed by atoms with van der Waals surface area (Å²) < 4.78 is 5.03. The third-order valence-electron chi connectivity index (χ3n) is 3.66. The lowest BCUT2D eigenvalue weighted by molar-refractivity contribution is 0.192. The molecule has 0 radical (unpaired) electrons. The van der Waals surface area contributed by atoms with Crippen LogP contribution in [0.1, 0.15) is 84.0 Å². The lowest BCUT2D eigenvalue weighted by Crippen LogP contribution is -2.16. The molecule has 0 heterocycles. The molecule has 0 aliphatic carbocycles. The molecular weight excluding hydrogens is 234 g/mol. The van der Waals surface area contributed by atoms with Gasteiger partial charge in [0.1, 0.15) is 0 Å². The van der Waals surface area contributed by atoms with Gasteiger partial charge in [0.05, 0.1) is 0 Å². The van der Waals surface area contributed by atoms with Crippen molar-refractivity contribution in [1.29, 1.82) is 0 Å². The molecule has 0 aromatic rings. The predicted molar refractivity (Wildman–Crippen MR) is 85.8 cm³/mol. The zero-order valence-corrected chi connectivity index (χ0v) is 13.5. The fourth-order valence-corrected chi connectivity index (χ4v) is 2.36. The second-order valence-corrected chi connectivity index (χ2v) is 5.63. The monoisotopic (exact) mass is 271 g/mol. The Labute approximate surface area is 121 Å². The van der Waals surface area contributed by atoms with Gasteiger partial charge < -0.3 is 10.1 Å². The average Bonchev–Trinajstić information content (AvgIpc) is 2.43. The van der Waals surface area contributed by atoms with Crippen LogP contribution in [0.4, 0.5) is 0 Å². The van der Waals surface area contributed by atoms with E-state index in [0.29, 0.717) is 0 Å². The minimum atomic E-state index is 0.903. The summed E-state index contributed by atoms with van der Waals surface area (Å²) in [4.78, 5) is 0. The number of rotatable bonds is 16. The highest BCUT2D eigenvalue weighted by atomic mass is 16.5. The van der Waals surface area contributed by atoms with Crippen molar-refractivity contribution < 1.29 is 4.74 Å². The Hall–Kier alpha value is -0.0800. The van der Waals surface area contributed by atoms with Crippen LogP contribution in [0.25, 0.3) is 0 Å². The van der Waals surface area contributed by atoms with Crippen LogP contribution in [-0.2, 0) is 4.74 Å². The number of ether oxygens (including phenoxy) is 1. The van der Waals surface area contributed by atoms with E-state index < -0.39 is 0 Å². The Morgan fingerprint density at radius 3 is 1.63 bits per heavy atom. The zero-order valence-electron chi connectivity index (χ0n) is 13.5. The Bertz CT molecular complexity index is 134. The third-order valence-corrected chi connectivity index (χ3v) is 3.66. The summed E-state index contributed by atoms with van der Waals surface area (Å²) in [7, 11) is 1.78. The van der Waals surface area contributed by atoms with Crippen molar-refractivity contribution in [2.75, 3.05) is 26.8 Å². The molecule has 2 heteroatoms. The van der Waals surface area contributed by atoms with E-state index >= 15 is 0 Å². The number of unbranched alkanes of at least 4 members (excludes halogenated alkanes) is 10. The van der Waals surface area contributed by atoms with Crippen LogP contribution < -0.4 is 5.32 Å². The van der Waals surface area contributed by atoms with E-state index in [1.54, 1.807) is 7.11 Å². The molecule has 19 heavy (non-hydrogen) atoms. The third kappa shape index (κ3) is 17.9. The Balaban J connectivity index is 2.88. The van der Waals surface area contributed by atoms with Gasteiger partial charge in [-0.25, -0.2) is 0 Å². The van der Waals surface area contributed by atoms with Crippen molar-refractivity contribution in [2.45, 2.75) is 84.0 Å². The van der Waals surface area contributed by atoms with Gasteiger partial charge in [0.25, 0.3) is 0 Å². The van der Waals surface area contributed by atoms with Crippen molar-refractivity contribution in [3.63, 3.8) is 0 Å². The van der Waals surface area contributed by atoms with E-state index in [1.807, 2.05) is 0 Å². The molecule has 0 unspecified atom stereocenters. The minimum absolute atomic E-state index is 0.903. The van der Waals surface area contributed by atoms with Crippen LogP contribution in [0, 0.1) is 0 Å². The predicted octanol–water partition coefficient (Wildman–Crippen LogP) is 4.92. The first-order valence-corrected chi connectivity index (χ1v) is 8.61. The summed E-state index contributed by atoms with van der Waals surface area (Å²) in [6, 6.07) is 0. The molecule has 0 aromatic heterocycles. The van der Waals surface area contributed by atoms with Crippen LogP contribution in [0.3, 0.4) is 0 Å². The SMILES string of the molecule is CCCCCCCCCCCCNCCCCOC. The summed E-state index contributed by atoms with van der Waals surface area (Å²) in [6.45, 7) is 5.54. The molecule has 0 bridgehead atoms. The Morgan fingerprint density at radius 2 is 1.11 bits per heavy atom. The van der Waals surface area contributed by atoms with Gasteiger partial charge in [-0.05, 0) is 32.4 Å². The maximum absolute atomic E-state index is 5.03. The zero-order chi connectivity index (χ0) is 14.0. The molecule has 0 atom stereocenters. The van der Waals surface area contributed by atoms with Gasteiger partial charge in [-0.15, -0.1) is 0 Å². The van der Waals surface area contributed by atoms with Crippen LogP contribution in [0.15, 0.2) is 0 Å². The first-order chi connectivity index (χ1) is 9.41. The molecule has 0 spiro atoms. The van der Waals surface area contributed by atoms with Crippen molar-refractivity contribution >= 4 is 0 Å². The number of hydrogen-bond acceptors (Lipinski definition) is 2. The van der Waals surface area contributed by atoms with E-state index in [2.05, 4.69) is 12.2 Å². The maximum atomic E-state index is 5.03. The molecule has 0 saturated heterocycles. The molecule has 0 aliphatic rings. The van der Waals surface area contributed by atoms with Gasteiger partial charge in [-0.1, -0.05) is 64.7 Å². The quantitative estimate of drug-likeness (QED) is 0.402. The molecule has 0 rings (SSSR count). The smallest absolute Gasteiger partial charge is 0.0462 e. The van der Waals surface area contributed by atoms with E-state index in [-0.39, 0.29) is 0 Å². The van der Waals surface area contributed by atoms with Crippen molar-refractivity contribution in [3.8, 4) is 0 Å². The Morgan fingerprint density at radius 1 is 0.632 bits per heavy atom. The molecule has 2 nitrogen and oxygen atoms in total. The van der Waals surface area contributed by atoms with Crippen LogP contribution in [0.5, 0.6) is 0 Å². The first kappa shape index (κ1) is 18.9. The maximum Gasteiger partial charge on any atom is 0.0462 e. The fourth-order valence-electron chi connectivity index (χ4n) is 2.36. The van der Waals surface area contributed by atoms with Crippen molar-refractivity contribution in [1.82, 2.24) is 5.32 Å². The molecule has 1 N–H and O–H groups in total. The van der Waals surface area contributed by atoms with E-state index in [4.69, 9.17) is 4.74 Å². The van der Waals surface area contributed by atoms with Gasteiger partial charge in [0, 0.05) is 13.7 Å². The number of hydrogen-bond donors (Lipinski definition) is 1. The van der Waals surface area contributed by atoms with Crippen LogP contribution >= 0.6 is 0 Å². The summed E-state index contributed by atoms with van der Waals surface area (Å²) in [5.41, 5.74) is 0. The van der Waals surface area contributed by atoms with Crippen molar-refractivity contribution in [3.05, 3.63) is 0 Å². The molecule has 116 valence electrons. The molecule has 0 fully saturated rings. The first-order valence-electron chi connectivity index (χ1n) is 8.61. The number of methoxy groups -OCH3 is 1. The summed E-state index contributed by atoms with van der Waals surface area (Å²) in [6.07, 6.45) is 16.6. The molecule has 0 aromatic carbocycles. The average molecular weight is 271 g/mol. The van der Waals surface area contributed by atoms with Crippen LogP contribution in [-0.4, -0.2) is 26.8 Å². The van der Waals surface area contributed by atoms with Crippen molar-refractivity contribution in [2.24, 2.45) is 0 Å². The molecule has 0 aliphatic heterocycles. The lowest BCUT2D eigenvalue weighted by Gasteiger charge is -2.05. The van der Waals surface area contributed by atoms with Gasteiger partial charge in [-0.2, -0.15) is 0 Å². The minimum Gasteiger partial charge on any atom is -0.385 e. The van der Waals surface area contributed by atoms with Gasteiger partial charge in [-0.3, -0.25) is 0 Å². The largest absolute Gasteiger partial charge is 0.385 e. The normalized spacial score (nSPS) is 11.1. The van der Waals surface area contributed by atoms with E-state index in [1.165, 1.54) is 83.6 Å². The number of nitrogens with one attached hydrogen (secondary N) is 1. The molecule has 0 saturated carbocycles. The Kier molecular flexibility index (Phi) is 17.8.